The van der Waals surface area contributed by atoms with Crippen LogP contribution in [0.15, 0.2) is 54.6 Å². The average Bonchev–Trinajstić information content (AvgIpc) is 2.74. The van der Waals surface area contributed by atoms with Gasteiger partial charge < -0.3 is 15.6 Å². The molecule has 3 rings (SSSR count). The number of primary amides is 1. The van der Waals surface area contributed by atoms with E-state index in [0.717, 1.165) is 17.7 Å². The van der Waals surface area contributed by atoms with Crippen molar-refractivity contribution >= 4 is 48.3 Å². The number of halogens is 3. The Labute approximate surface area is 205 Å². The third-order valence-corrected chi connectivity index (χ3v) is 5.52. The molecule has 2 aromatic rings. The van der Waals surface area contributed by atoms with Gasteiger partial charge in [0.2, 0.25) is 5.91 Å². The van der Waals surface area contributed by atoms with Gasteiger partial charge >= 0.3 is 5.97 Å². The number of carbonyl (C=O) groups is 2. The molecule has 1 aliphatic rings. The highest BCUT2D eigenvalue weighted by Gasteiger charge is 2.34. The predicted molar refractivity (Wildman–Crippen MR) is 129 cm³/mol. The Morgan fingerprint density at radius 2 is 1.69 bits per heavy atom. The normalized spacial score (nSPS) is 17.6. The summed E-state index contributed by atoms with van der Waals surface area (Å²) in [5, 5.41) is 9.37. The van der Waals surface area contributed by atoms with E-state index < -0.39 is 17.9 Å². The summed E-state index contributed by atoms with van der Waals surface area (Å²) in [6.07, 6.45) is 0. The summed E-state index contributed by atoms with van der Waals surface area (Å²) in [5.74, 6) is -1.42. The van der Waals surface area contributed by atoms with Crippen LogP contribution in [0.1, 0.15) is 17.2 Å². The van der Waals surface area contributed by atoms with E-state index in [4.69, 9.17) is 27.2 Å². The molecule has 7 nitrogen and oxygen atoms in total. The number of nitrogens with zero attached hydrogens (tertiary/aromatic N) is 2. The van der Waals surface area contributed by atoms with Crippen LogP contribution in [0.3, 0.4) is 0 Å². The molecule has 1 aliphatic heterocycles. The van der Waals surface area contributed by atoms with E-state index in [1.165, 1.54) is 0 Å². The van der Waals surface area contributed by atoms with Gasteiger partial charge in [-0.05, 0) is 23.3 Å². The molecule has 0 radical (unpaired) electrons. The topological polar surface area (TPSA) is 96.1 Å². The molecule has 2 aromatic carbocycles. The van der Waals surface area contributed by atoms with Gasteiger partial charge in [-0.25, -0.2) is 4.79 Å². The van der Waals surface area contributed by atoms with Gasteiger partial charge in [-0.1, -0.05) is 54.1 Å². The molecule has 1 amide bonds. The molecule has 176 valence electrons. The van der Waals surface area contributed by atoms with Crippen LogP contribution in [-0.4, -0.2) is 72.2 Å². The molecular weight excluding hydrogens is 477 g/mol. The van der Waals surface area contributed by atoms with E-state index in [2.05, 4.69) is 17.0 Å². The van der Waals surface area contributed by atoms with E-state index in [-0.39, 0.29) is 44.1 Å². The maximum Gasteiger partial charge on any atom is 0.329 e. The summed E-state index contributed by atoms with van der Waals surface area (Å²) in [4.78, 5) is 27.0. The molecule has 0 bridgehead atoms. The number of carboxylic acid groups (broad SMARTS) is 1. The summed E-state index contributed by atoms with van der Waals surface area (Å²) in [7, 11) is 0. The summed E-state index contributed by atoms with van der Waals surface area (Å²) < 4.78 is 5.13. The van der Waals surface area contributed by atoms with Crippen LogP contribution in [0, 0.1) is 0 Å². The van der Waals surface area contributed by atoms with Crippen LogP contribution in [0.25, 0.3) is 0 Å². The first kappa shape index (κ1) is 28.2. The number of ether oxygens (including phenoxy) is 1. The third kappa shape index (κ3) is 7.62. The fourth-order valence-corrected chi connectivity index (χ4v) is 3.98. The molecule has 3 N–H and O–H groups in total. The molecule has 2 atom stereocenters. The van der Waals surface area contributed by atoms with Crippen LogP contribution in [0.5, 0.6) is 0 Å². The van der Waals surface area contributed by atoms with Crippen molar-refractivity contribution in [3.63, 3.8) is 0 Å². The fraction of sp³-hybridized carbons (Fsp3) is 0.364. The van der Waals surface area contributed by atoms with Gasteiger partial charge in [0.25, 0.3) is 0 Å². The van der Waals surface area contributed by atoms with Crippen molar-refractivity contribution in [1.82, 2.24) is 9.80 Å². The van der Waals surface area contributed by atoms with Crippen LogP contribution in [0.4, 0.5) is 0 Å². The number of hydrogen-bond donors (Lipinski definition) is 2. The minimum atomic E-state index is -1.01. The predicted octanol–water partition coefficient (Wildman–Crippen LogP) is 2.85. The lowest BCUT2D eigenvalue weighted by molar-refractivity contribution is -0.142. The quantitative estimate of drug-likeness (QED) is 0.510. The Hall–Kier alpha value is -1.87. The Bertz CT molecular complexity index is 855. The van der Waals surface area contributed by atoms with E-state index in [1.807, 2.05) is 47.4 Å². The molecular formula is C22H28Cl3N3O4. The second-order valence-electron chi connectivity index (χ2n) is 7.26. The number of carboxylic acids is 1. The van der Waals surface area contributed by atoms with Crippen molar-refractivity contribution < 1.29 is 19.4 Å². The number of benzene rings is 2. The highest BCUT2D eigenvalue weighted by Crippen LogP contribution is 2.31. The van der Waals surface area contributed by atoms with Gasteiger partial charge in [0.15, 0.2) is 0 Å². The van der Waals surface area contributed by atoms with Gasteiger partial charge in [0.1, 0.15) is 12.6 Å². The zero-order valence-corrected chi connectivity index (χ0v) is 19.8. The second kappa shape index (κ2) is 13.6. The summed E-state index contributed by atoms with van der Waals surface area (Å²) in [6, 6.07) is 17.4. The second-order valence-corrected chi connectivity index (χ2v) is 7.70. The molecule has 1 heterocycles. The van der Waals surface area contributed by atoms with Gasteiger partial charge in [-0.2, -0.15) is 0 Å². The van der Waals surface area contributed by atoms with Crippen LogP contribution < -0.4 is 5.73 Å². The van der Waals surface area contributed by atoms with Crippen LogP contribution >= 0.6 is 36.4 Å². The molecule has 1 fully saturated rings. The number of carbonyl (C=O) groups excluding carboxylic acids is 1. The first-order valence-electron chi connectivity index (χ1n) is 9.83. The molecule has 32 heavy (non-hydrogen) atoms. The lowest BCUT2D eigenvalue weighted by Crippen LogP contribution is -2.59. The Morgan fingerprint density at radius 3 is 2.28 bits per heavy atom. The Morgan fingerprint density at radius 1 is 1.06 bits per heavy atom. The van der Waals surface area contributed by atoms with Crippen molar-refractivity contribution in [3.05, 3.63) is 70.7 Å². The monoisotopic (exact) mass is 503 g/mol. The minimum Gasteiger partial charge on any atom is -0.480 e. The lowest BCUT2D eigenvalue weighted by Gasteiger charge is -2.43. The van der Waals surface area contributed by atoms with E-state index in [1.54, 1.807) is 0 Å². The summed E-state index contributed by atoms with van der Waals surface area (Å²) >= 11 is 6.08. The van der Waals surface area contributed by atoms with Crippen molar-refractivity contribution in [3.8, 4) is 0 Å². The number of nitrogens with two attached hydrogens (primary N) is 1. The molecule has 1 saturated heterocycles. The SMILES string of the molecule is Cl.Cl.NC(=O)C1CN(C(c2ccccc2)c2ccc(Cl)cc2)CCN1CCOCC(=O)O. The number of piperazine rings is 1. The smallest absolute Gasteiger partial charge is 0.329 e. The molecule has 0 saturated carbocycles. The fourth-order valence-electron chi connectivity index (χ4n) is 3.85. The van der Waals surface area contributed by atoms with E-state index in [0.29, 0.717) is 24.7 Å². The Balaban J connectivity index is 0.00000256. The van der Waals surface area contributed by atoms with E-state index >= 15 is 0 Å². The number of rotatable bonds is 9. The van der Waals surface area contributed by atoms with Gasteiger partial charge in [-0.15, -0.1) is 24.8 Å². The van der Waals surface area contributed by atoms with Crippen molar-refractivity contribution in [2.24, 2.45) is 5.73 Å². The zero-order chi connectivity index (χ0) is 21.5. The summed E-state index contributed by atoms with van der Waals surface area (Å²) in [5.41, 5.74) is 7.93. The third-order valence-electron chi connectivity index (χ3n) is 5.27. The number of aliphatic carboxylic acids is 1. The molecule has 2 unspecified atom stereocenters. The van der Waals surface area contributed by atoms with Crippen LogP contribution in [-0.2, 0) is 14.3 Å². The van der Waals surface area contributed by atoms with Crippen molar-refractivity contribution in [2.45, 2.75) is 12.1 Å². The first-order valence-corrected chi connectivity index (χ1v) is 10.2. The number of hydrogen-bond acceptors (Lipinski definition) is 5. The maximum absolute atomic E-state index is 12.2. The maximum atomic E-state index is 12.2. The average molecular weight is 505 g/mol. The van der Waals surface area contributed by atoms with Crippen LogP contribution in [0.2, 0.25) is 5.02 Å². The number of amides is 1. The van der Waals surface area contributed by atoms with Gasteiger partial charge in [-0.3, -0.25) is 14.6 Å². The highest BCUT2D eigenvalue weighted by atomic mass is 35.5. The van der Waals surface area contributed by atoms with Crippen molar-refractivity contribution in [1.29, 1.82) is 0 Å². The molecule has 0 aliphatic carbocycles. The largest absolute Gasteiger partial charge is 0.480 e. The molecule has 0 aromatic heterocycles. The first-order chi connectivity index (χ1) is 14.5. The highest BCUT2D eigenvalue weighted by molar-refractivity contribution is 6.30. The zero-order valence-electron chi connectivity index (χ0n) is 17.4. The van der Waals surface area contributed by atoms with E-state index in [9.17, 15) is 9.59 Å². The van der Waals surface area contributed by atoms with Gasteiger partial charge in [0, 0.05) is 31.2 Å². The molecule has 0 spiro atoms. The standard InChI is InChI=1S/C22H26ClN3O4.2ClH/c23-18-8-6-17(7-9-18)21(16-4-2-1-3-5-16)26-11-10-25(19(14-26)22(24)29)12-13-30-15-20(27)28;;/h1-9,19,21H,10-15H2,(H2,24,29)(H,27,28);2*1H. The summed E-state index contributed by atoms with van der Waals surface area (Å²) in [6.45, 7) is 2.15. The Kier molecular flexibility index (Phi) is 12.0. The minimum absolute atomic E-state index is 0. The van der Waals surface area contributed by atoms with Crippen molar-refractivity contribution in [2.75, 3.05) is 39.4 Å². The molecule has 10 heteroatoms. The van der Waals surface area contributed by atoms with Gasteiger partial charge in [0.05, 0.1) is 12.6 Å². The lowest BCUT2D eigenvalue weighted by atomic mass is 9.95.